The van der Waals surface area contributed by atoms with Crippen LogP contribution in [-0.2, 0) is 14.2 Å². The lowest BCUT2D eigenvalue weighted by atomic mass is 9.43. The molecular formula is C24H39NO6. The average molecular weight is 438 g/mol. The zero-order valence-electron chi connectivity index (χ0n) is 19.2. The van der Waals surface area contributed by atoms with E-state index in [0.717, 1.165) is 32.4 Å². The van der Waals surface area contributed by atoms with Gasteiger partial charge in [-0.2, -0.15) is 0 Å². The van der Waals surface area contributed by atoms with Crippen LogP contribution < -0.4 is 0 Å². The molecule has 0 aromatic heterocycles. The minimum atomic E-state index is -1.05. The quantitative estimate of drug-likeness (QED) is 0.577. The summed E-state index contributed by atoms with van der Waals surface area (Å²) in [7, 11) is 5.24. The third-order valence-electron chi connectivity index (χ3n) is 11.1. The van der Waals surface area contributed by atoms with Crippen molar-refractivity contribution in [3.05, 3.63) is 0 Å². The van der Waals surface area contributed by atoms with Gasteiger partial charge in [0.15, 0.2) is 0 Å². The van der Waals surface area contributed by atoms with Gasteiger partial charge in [0, 0.05) is 74.8 Å². The Balaban J connectivity index is 1.62. The zero-order chi connectivity index (χ0) is 21.9. The summed E-state index contributed by atoms with van der Waals surface area (Å²) in [5, 5.41) is 35.7. The van der Waals surface area contributed by atoms with E-state index in [2.05, 4.69) is 11.8 Å². The van der Waals surface area contributed by atoms with Gasteiger partial charge in [0.2, 0.25) is 0 Å². The summed E-state index contributed by atoms with van der Waals surface area (Å²) >= 11 is 0. The van der Waals surface area contributed by atoms with Crippen molar-refractivity contribution >= 4 is 0 Å². The predicted molar refractivity (Wildman–Crippen MR) is 112 cm³/mol. The van der Waals surface area contributed by atoms with Gasteiger partial charge in [-0.05, 0) is 31.7 Å². The number of likely N-dealkylation sites (tertiary alicyclic amines) is 1. The van der Waals surface area contributed by atoms with Crippen LogP contribution in [0.5, 0.6) is 0 Å². The molecule has 1 spiro atoms. The summed E-state index contributed by atoms with van der Waals surface area (Å²) in [6.07, 6.45) is 1.65. The maximum Gasteiger partial charge on any atom is 0.0796 e. The lowest BCUT2D eigenvalue weighted by Crippen LogP contribution is -2.76. The van der Waals surface area contributed by atoms with Crippen molar-refractivity contribution in [2.75, 3.05) is 41.0 Å². The largest absolute Gasteiger partial charge is 0.392 e. The molecule has 7 nitrogen and oxygen atoms in total. The van der Waals surface area contributed by atoms with Crippen molar-refractivity contribution in [2.45, 2.75) is 68.7 Å². The van der Waals surface area contributed by atoms with Gasteiger partial charge in [-0.25, -0.2) is 0 Å². The monoisotopic (exact) mass is 437 g/mol. The summed E-state index contributed by atoms with van der Waals surface area (Å²) in [5.74, 6) is -0.168. The second-order valence-corrected chi connectivity index (χ2v) is 11.6. The molecule has 13 atom stereocenters. The first-order chi connectivity index (χ1) is 14.9. The van der Waals surface area contributed by atoms with Gasteiger partial charge in [-0.3, -0.25) is 4.90 Å². The Kier molecular flexibility index (Phi) is 4.56. The lowest BCUT2D eigenvalue weighted by molar-refractivity contribution is -0.272. The molecule has 7 heteroatoms. The van der Waals surface area contributed by atoms with Crippen LogP contribution in [0, 0.1) is 40.4 Å². The Morgan fingerprint density at radius 1 is 1.10 bits per heavy atom. The predicted octanol–water partition coefficient (Wildman–Crippen LogP) is 0.502. The molecule has 5 aliphatic carbocycles. The molecule has 31 heavy (non-hydrogen) atoms. The first-order valence-corrected chi connectivity index (χ1v) is 12.2. The van der Waals surface area contributed by atoms with Crippen molar-refractivity contribution in [3.8, 4) is 0 Å². The molecule has 6 aliphatic rings. The molecule has 6 fully saturated rings. The van der Waals surface area contributed by atoms with Gasteiger partial charge in [0.05, 0.1) is 36.6 Å². The van der Waals surface area contributed by atoms with E-state index in [0.29, 0.717) is 13.0 Å². The summed E-state index contributed by atoms with van der Waals surface area (Å²) < 4.78 is 18.0. The standard InChI is InChI=1S/C24H39NO6/c1-5-25-10-22(11-29-2)7-6-15(26)24-13-8-12-14(30-3)9-23(28,16(13)18(12)27)17(21(24)25)19(31-4)20(22)24/h12-21,26-28H,5-11H2,1-4H3/t12-,13-,14+,15+,16-,17?,18?,19+,20-,21?,22+,23-,24?/m1/s1. The highest BCUT2D eigenvalue weighted by molar-refractivity contribution is 5.35. The number of fused-ring (bicyclic) bond motifs is 2. The molecule has 6 rings (SSSR count). The molecule has 1 heterocycles. The first kappa shape index (κ1) is 21.3. The SMILES string of the molecule is CCN1C[C@]2(COC)CC[C@H](O)C34C1C([C@H](OC)[C@@H]32)[C@@]1(O)C[C@H](OC)[C@H]2C[C@@H]4[C@@H]1C2O. The van der Waals surface area contributed by atoms with E-state index in [1.807, 2.05) is 0 Å². The van der Waals surface area contributed by atoms with Crippen molar-refractivity contribution < 1.29 is 29.5 Å². The summed E-state index contributed by atoms with van der Waals surface area (Å²) in [6.45, 7) is 4.63. The van der Waals surface area contributed by atoms with Crippen LogP contribution in [0.3, 0.4) is 0 Å². The molecule has 1 saturated heterocycles. The van der Waals surface area contributed by atoms with Crippen LogP contribution in [-0.4, -0.2) is 97.3 Å². The minimum Gasteiger partial charge on any atom is -0.392 e. The van der Waals surface area contributed by atoms with Crippen LogP contribution in [0.2, 0.25) is 0 Å². The molecule has 0 amide bonds. The van der Waals surface area contributed by atoms with Gasteiger partial charge in [-0.15, -0.1) is 0 Å². The third kappa shape index (κ3) is 2.12. The number of ether oxygens (including phenoxy) is 3. The Hall–Kier alpha value is -0.280. The second-order valence-electron chi connectivity index (χ2n) is 11.6. The van der Waals surface area contributed by atoms with Gasteiger partial charge in [0.25, 0.3) is 0 Å². The van der Waals surface area contributed by atoms with Crippen LogP contribution in [0.15, 0.2) is 0 Å². The van der Waals surface area contributed by atoms with Crippen molar-refractivity contribution in [3.63, 3.8) is 0 Å². The molecule has 5 saturated carbocycles. The lowest BCUT2D eigenvalue weighted by Gasteiger charge is -2.68. The van der Waals surface area contributed by atoms with Gasteiger partial charge in [0.1, 0.15) is 0 Å². The topological polar surface area (TPSA) is 91.6 Å². The number of rotatable bonds is 5. The smallest absolute Gasteiger partial charge is 0.0796 e. The molecule has 0 aromatic rings. The summed E-state index contributed by atoms with van der Waals surface area (Å²) in [5.41, 5.74) is -1.54. The van der Waals surface area contributed by atoms with E-state index >= 15 is 0 Å². The molecule has 0 aromatic carbocycles. The van der Waals surface area contributed by atoms with E-state index in [-0.39, 0.29) is 58.7 Å². The Morgan fingerprint density at radius 2 is 1.87 bits per heavy atom. The fraction of sp³-hybridized carbons (Fsp3) is 1.00. The highest BCUT2D eigenvalue weighted by Crippen LogP contribution is 2.79. The maximum atomic E-state index is 12.5. The maximum absolute atomic E-state index is 12.5. The Labute approximate surface area is 185 Å². The fourth-order valence-corrected chi connectivity index (χ4v) is 10.7. The van der Waals surface area contributed by atoms with Crippen LogP contribution in [0.4, 0.5) is 0 Å². The molecule has 4 unspecified atom stereocenters. The Bertz CT molecular complexity index is 752. The number of piperidine rings is 1. The fourth-order valence-electron chi connectivity index (χ4n) is 10.7. The first-order valence-electron chi connectivity index (χ1n) is 12.2. The second kappa shape index (κ2) is 6.65. The molecule has 0 radical (unpaired) electrons. The van der Waals surface area contributed by atoms with E-state index < -0.39 is 17.8 Å². The van der Waals surface area contributed by atoms with E-state index in [9.17, 15) is 15.3 Å². The molecule has 3 N–H and O–H groups in total. The summed E-state index contributed by atoms with van der Waals surface area (Å²) in [4.78, 5) is 2.52. The van der Waals surface area contributed by atoms with Crippen molar-refractivity contribution in [2.24, 2.45) is 40.4 Å². The van der Waals surface area contributed by atoms with Crippen LogP contribution in [0.1, 0.15) is 32.6 Å². The number of nitrogens with zero attached hydrogens (tertiary/aromatic N) is 1. The minimum absolute atomic E-state index is 0.0248. The molecular weight excluding hydrogens is 398 g/mol. The molecule has 176 valence electrons. The van der Waals surface area contributed by atoms with Crippen LogP contribution in [0.25, 0.3) is 0 Å². The van der Waals surface area contributed by atoms with Gasteiger partial charge in [-0.1, -0.05) is 6.92 Å². The number of aliphatic hydroxyl groups is 3. The molecule has 1 aliphatic heterocycles. The zero-order valence-corrected chi connectivity index (χ0v) is 19.2. The number of aliphatic hydroxyl groups excluding tert-OH is 2. The average Bonchev–Trinajstić information content (AvgIpc) is 3.16. The van der Waals surface area contributed by atoms with Crippen LogP contribution >= 0.6 is 0 Å². The normalized spacial score (nSPS) is 61.6. The Morgan fingerprint density at radius 3 is 2.52 bits per heavy atom. The number of hydrogen-bond acceptors (Lipinski definition) is 7. The van der Waals surface area contributed by atoms with Crippen molar-refractivity contribution in [1.82, 2.24) is 4.90 Å². The van der Waals surface area contributed by atoms with Gasteiger partial charge < -0.3 is 29.5 Å². The van der Waals surface area contributed by atoms with E-state index in [4.69, 9.17) is 14.2 Å². The molecule has 7 bridgehead atoms. The number of methoxy groups -OCH3 is 3. The highest BCUT2D eigenvalue weighted by Gasteiger charge is 2.86. The summed E-state index contributed by atoms with van der Waals surface area (Å²) in [6, 6.07) is 0.0561. The third-order valence-corrected chi connectivity index (χ3v) is 11.1. The van der Waals surface area contributed by atoms with Crippen molar-refractivity contribution in [1.29, 1.82) is 0 Å². The van der Waals surface area contributed by atoms with E-state index in [1.54, 1.807) is 21.3 Å². The number of hydrogen-bond donors (Lipinski definition) is 3. The highest BCUT2D eigenvalue weighted by atomic mass is 16.5. The van der Waals surface area contributed by atoms with E-state index in [1.165, 1.54) is 0 Å². The van der Waals surface area contributed by atoms with Gasteiger partial charge >= 0.3 is 0 Å².